The molecule has 3 fully saturated rings. The maximum Gasteiger partial charge on any atom is 0.258 e. The van der Waals surface area contributed by atoms with Crippen LogP contribution in [-0.2, 0) is 19.2 Å². The molecule has 7 nitrogen and oxygen atoms in total. The summed E-state index contributed by atoms with van der Waals surface area (Å²) in [6.45, 7) is 7.06. The zero-order valence-electron chi connectivity index (χ0n) is 23.0. The van der Waals surface area contributed by atoms with Gasteiger partial charge in [0, 0.05) is 17.0 Å². The van der Waals surface area contributed by atoms with Crippen LogP contribution < -0.4 is 4.90 Å². The number of benzene rings is 2. The number of halogens is 3. The number of amides is 4. The Morgan fingerprint density at radius 2 is 1.61 bits per heavy atom. The van der Waals surface area contributed by atoms with Gasteiger partial charge in [-0.25, -0.2) is 9.29 Å². The summed E-state index contributed by atoms with van der Waals surface area (Å²) in [5.41, 5.74) is 0.756. The fourth-order valence-electron chi connectivity index (χ4n) is 7.32. The van der Waals surface area contributed by atoms with E-state index in [4.69, 9.17) is 23.2 Å². The lowest BCUT2D eigenvalue weighted by Gasteiger charge is -2.50. The van der Waals surface area contributed by atoms with Crippen molar-refractivity contribution < 1.29 is 28.7 Å². The van der Waals surface area contributed by atoms with Crippen LogP contribution in [0.3, 0.4) is 0 Å². The topological polar surface area (TPSA) is 95.0 Å². The van der Waals surface area contributed by atoms with Crippen LogP contribution in [0.5, 0.6) is 5.75 Å². The minimum Gasteiger partial charge on any atom is -0.507 e. The Hall–Kier alpha value is -3.23. The molecule has 2 aromatic carbocycles. The number of para-hydroxylation sites is 1. The zero-order valence-corrected chi connectivity index (χ0v) is 24.5. The van der Waals surface area contributed by atoms with Crippen molar-refractivity contribution in [2.24, 2.45) is 17.8 Å². The van der Waals surface area contributed by atoms with E-state index in [1.807, 2.05) is 6.08 Å². The molecule has 2 heterocycles. The summed E-state index contributed by atoms with van der Waals surface area (Å²) in [5.74, 6) is -6.14. The molecule has 6 unspecified atom stereocenters. The molecule has 214 valence electrons. The van der Waals surface area contributed by atoms with Gasteiger partial charge in [0.05, 0.1) is 17.5 Å². The number of hydrogen-bond donors (Lipinski definition) is 1. The summed E-state index contributed by atoms with van der Waals surface area (Å²) >= 11 is 14.6. The maximum absolute atomic E-state index is 14.3. The van der Waals surface area contributed by atoms with Crippen LogP contribution in [0.25, 0.3) is 0 Å². The van der Waals surface area contributed by atoms with Crippen LogP contribution in [0.2, 0.25) is 0 Å². The highest BCUT2D eigenvalue weighted by atomic mass is 35.5. The lowest BCUT2D eigenvalue weighted by Crippen LogP contribution is -2.60. The lowest BCUT2D eigenvalue weighted by atomic mass is 9.56. The number of fused-ring (bicyclic) bond motifs is 4. The molecular formula is C31H29Cl2FN2O5. The Balaban J connectivity index is 1.58. The standard InChI is InChI=1S/C31H29Cl2FN2O5/c1-15-6-5-7-20(24(15)37)23-18-12-13-19-22(26(39)36(25(19)38)29(2,3)4)21(18)14-30(32)27(40)35(28(41)31(23,30)33)17-10-8-16(34)9-11-17/h5-12,19,21-23,37H,13-14H2,1-4H3. The van der Waals surface area contributed by atoms with Crippen molar-refractivity contribution in [3.8, 4) is 5.75 Å². The minimum absolute atomic E-state index is 0.101. The van der Waals surface area contributed by atoms with Gasteiger partial charge >= 0.3 is 0 Å². The number of nitrogens with zero attached hydrogens (tertiary/aromatic N) is 2. The van der Waals surface area contributed by atoms with Crippen LogP contribution in [0, 0.1) is 30.5 Å². The first-order valence-electron chi connectivity index (χ1n) is 13.5. The van der Waals surface area contributed by atoms with Crippen LogP contribution >= 0.6 is 23.2 Å². The Labute approximate surface area is 246 Å². The van der Waals surface area contributed by atoms with Crippen molar-refractivity contribution >= 4 is 52.5 Å². The zero-order chi connectivity index (χ0) is 29.8. The van der Waals surface area contributed by atoms with Gasteiger partial charge < -0.3 is 5.11 Å². The number of alkyl halides is 2. The summed E-state index contributed by atoms with van der Waals surface area (Å²) in [6, 6.07) is 9.88. The van der Waals surface area contributed by atoms with E-state index in [2.05, 4.69) is 0 Å². The molecule has 2 aromatic rings. The number of rotatable bonds is 2. The average Bonchev–Trinajstić information content (AvgIpc) is 3.25. The average molecular weight is 599 g/mol. The highest BCUT2D eigenvalue weighted by molar-refractivity contribution is 6.58. The van der Waals surface area contributed by atoms with E-state index in [1.54, 1.807) is 45.9 Å². The summed E-state index contributed by atoms with van der Waals surface area (Å²) in [5, 5.41) is 11.2. The molecule has 4 aliphatic rings. The summed E-state index contributed by atoms with van der Waals surface area (Å²) in [4.78, 5) is 53.9. The predicted molar refractivity (Wildman–Crippen MR) is 151 cm³/mol. The van der Waals surface area contributed by atoms with Gasteiger partial charge in [0.1, 0.15) is 11.6 Å². The number of allylic oxidation sites excluding steroid dienone is 2. The number of carbonyl (C=O) groups is 4. The number of aromatic hydroxyl groups is 1. The van der Waals surface area contributed by atoms with E-state index in [-0.39, 0.29) is 36.1 Å². The Morgan fingerprint density at radius 3 is 2.24 bits per heavy atom. The third-order valence-electron chi connectivity index (χ3n) is 9.15. The molecule has 10 heteroatoms. The van der Waals surface area contributed by atoms with Gasteiger partial charge in [-0.1, -0.05) is 29.8 Å². The number of likely N-dealkylation sites (tertiary alicyclic amines) is 1. The summed E-state index contributed by atoms with van der Waals surface area (Å²) < 4.78 is 13.8. The number of carbonyl (C=O) groups excluding carboxylic acids is 4. The first kappa shape index (κ1) is 27.9. The van der Waals surface area contributed by atoms with Gasteiger partial charge in [0.15, 0.2) is 9.75 Å². The second kappa shape index (κ2) is 8.88. The normalized spacial score (nSPS) is 33.1. The second-order valence-corrected chi connectivity index (χ2v) is 13.7. The quantitative estimate of drug-likeness (QED) is 0.291. The third-order valence-corrected chi connectivity index (χ3v) is 10.6. The third kappa shape index (κ3) is 3.56. The minimum atomic E-state index is -2.09. The van der Waals surface area contributed by atoms with Crippen molar-refractivity contribution in [2.45, 2.75) is 61.7 Å². The van der Waals surface area contributed by atoms with E-state index >= 15 is 0 Å². The monoisotopic (exact) mass is 598 g/mol. The van der Waals surface area contributed by atoms with Gasteiger partial charge in [0.25, 0.3) is 11.8 Å². The highest BCUT2D eigenvalue weighted by Gasteiger charge is 2.77. The maximum atomic E-state index is 14.3. The van der Waals surface area contributed by atoms with E-state index < -0.39 is 56.6 Å². The molecule has 4 amide bonds. The van der Waals surface area contributed by atoms with Gasteiger partial charge in [-0.3, -0.25) is 24.1 Å². The van der Waals surface area contributed by atoms with Crippen LogP contribution in [-0.4, -0.2) is 48.9 Å². The van der Waals surface area contributed by atoms with Crippen LogP contribution in [0.15, 0.2) is 54.1 Å². The molecule has 0 spiro atoms. The molecular weight excluding hydrogens is 570 g/mol. The van der Waals surface area contributed by atoms with Crippen molar-refractivity contribution in [1.29, 1.82) is 0 Å². The molecule has 2 aliphatic heterocycles. The van der Waals surface area contributed by atoms with Gasteiger partial charge in [-0.2, -0.15) is 0 Å². The van der Waals surface area contributed by atoms with E-state index in [0.717, 1.165) is 17.0 Å². The van der Waals surface area contributed by atoms with Crippen molar-refractivity contribution in [1.82, 2.24) is 4.90 Å². The first-order valence-corrected chi connectivity index (χ1v) is 14.3. The molecule has 2 saturated heterocycles. The SMILES string of the molecule is Cc1cccc(C2C3=CCC4C(=O)N(C(C)(C)C)C(=O)C4C3CC3(Cl)C(=O)N(c4ccc(F)cc4)C(=O)C23Cl)c1O. The van der Waals surface area contributed by atoms with Gasteiger partial charge in [-0.05, 0) is 76.3 Å². The van der Waals surface area contributed by atoms with E-state index in [1.165, 1.54) is 17.0 Å². The molecule has 6 atom stereocenters. The molecule has 6 rings (SSSR count). The lowest BCUT2D eigenvalue weighted by molar-refractivity contribution is -0.145. The molecule has 1 N–H and O–H groups in total. The van der Waals surface area contributed by atoms with E-state index in [9.17, 15) is 28.7 Å². The summed E-state index contributed by atoms with van der Waals surface area (Å²) in [7, 11) is 0. The smallest absolute Gasteiger partial charge is 0.258 e. The van der Waals surface area contributed by atoms with Crippen molar-refractivity contribution in [3.63, 3.8) is 0 Å². The molecule has 2 aliphatic carbocycles. The molecule has 0 radical (unpaired) electrons. The van der Waals surface area contributed by atoms with Crippen molar-refractivity contribution in [2.75, 3.05) is 4.90 Å². The summed E-state index contributed by atoms with van der Waals surface area (Å²) in [6.07, 6.45) is 1.89. The number of phenolic OH excluding ortho intramolecular Hbond substituents is 1. The second-order valence-electron chi connectivity index (χ2n) is 12.4. The van der Waals surface area contributed by atoms with Gasteiger partial charge in [-0.15, -0.1) is 23.2 Å². The largest absolute Gasteiger partial charge is 0.507 e. The number of aryl methyl sites for hydroxylation is 1. The molecule has 0 aromatic heterocycles. The molecule has 0 bridgehead atoms. The number of anilines is 1. The number of hydrogen-bond acceptors (Lipinski definition) is 5. The predicted octanol–water partition coefficient (Wildman–Crippen LogP) is 5.20. The Kier molecular flexibility index (Phi) is 6.05. The van der Waals surface area contributed by atoms with Crippen LogP contribution in [0.4, 0.5) is 10.1 Å². The number of phenols is 1. The Morgan fingerprint density at radius 1 is 0.951 bits per heavy atom. The molecule has 41 heavy (non-hydrogen) atoms. The first-order chi connectivity index (χ1) is 19.1. The number of imide groups is 2. The van der Waals surface area contributed by atoms with Gasteiger partial charge in [0.2, 0.25) is 11.8 Å². The molecule has 1 saturated carbocycles. The van der Waals surface area contributed by atoms with E-state index in [0.29, 0.717) is 16.7 Å². The van der Waals surface area contributed by atoms with Crippen molar-refractivity contribution in [3.05, 3.63) is 71.1 Å². The Bertz CT molecular complexity index is 1570. The fraction of sp³-hybridized carbons (Fsp3) is 0.419. The van der Waals surface area contributed by atoms with Crippen LogP contribution in [0.1, 0.15) is 50.7 Å². The highest BCUT2D eigenvalue weighted by Crippen LogP contribution is 2.66. The fourth-order valence-corrected chi connectivity index (χ4v) is 8.25.